The Morgan fingerprint density at radius 2 is 1.63 bits per heavy atom. The third-order valence-electron chi connectivity index (χ3n) is 6.25. The molecule has 0 bridgehead atoms. The second-order valence-corrected chi connectivity index (χ2v) is 8.98. The van der Waals surface area contributed by atoms with Gasteiger partial charge in [-0.3, -0.25) is 0 Å². The van der Waals surface area contributed by atoms with Crippen LogP contribution in [0, 0.1) is 5.82 Å². The molecule has 3 aromatic rings. The van der Waals surface area contributed by atoms with E-state index in [2.05, 4.69) is 30.3 Å². The number of benzene rings is 2. The minimum Gasteiger partial charge on any atom is -0.490 e. The van der Waals surface area contributed by atoms with Gasteiger partial charge >= 0.3 is 0 Å². The predicted octanol–water partition coefficient (Wildman–Crippen LogP) is 3.87. The van der Waals surface area contributed by atoms with Crippen LogP contribution in [0.5, 0.6) is 11.5 Å². The first-order chi connectivity index (χ1) is 18.7. The molecule has 0 aliphatic carbocycles. The number of nitrogens with one attached hydrogen (secondary N) is 1. The maximum atomic E-state index is 13.2. The van der Waals surface area contributed by atoms with Crippen molar-refractivity contribution in [2.75, 3.05) is 61.2 Å². The normalized spacial score (nSPS) is 15.7. The molecule has 3 heterocycles. The van der Waals surface area contributed by atoms with Crippen LogP contribution in [0.3, 0.4) is 0 Å². The minimum absolute atomic E-state index is 0.275. The van der Waals surface area contributed by atoms with Crippen LogP contribution in [0.2, 0.25) is 0 Å². The molecule has 0 saturated carbocycles. The van der Waals surface area contributed by atoms with E-state index >= 15 is 0 Å². The lowest BCUT2D eigenvalue weighted by molar-refractivity contribution is 0.122. The molecule has 0 unspecified atom stereocenters. The Morgan fingerprint density at radius 3 is 2.34 bits per heavy atom. The summed E-state index contributed by atoms with van der Waals surface area (Å²) in [5, 5.41) is 4.38. The van der Waals surface area contributed by atoms with Gasteiger partial charge < -0.3 is 24.0 Å². The molecule has 1 aromatic heterocycles. The van der Waals surface area contributed by atoms with Crippen LogP contribution in [-0.4, -0.2) is 67.2 Å². The maximum Gasteiger partial charge on any atom is 0.250 e. The number of rotatable bonds is 10. The largest absolute Gasteiger partial charge is 0.490 e. The number of hydrogen-bond acceptors (Lipinski definition) is 10. The van der Waals surface area contributed by atoms with E-state index in [1.807, 2.05) is 25.1 Å². The van der Waals surface area contributed by atoms with Crippen molar-refractivity contribution in [1.82, 2.24) is 15.0 Å². The molecular formula is C27H32FN7O3. The Kier molecular flexibility index (Phi) is 8.44. The number of hydrogen-bond donors (Lipinski definition) is 1. The molecule has 0 spiro atoms. The standard InChI is InChI=1S/C27H32FN7O3/c1-2-37-24-17-21(7-10-23(24)38-19-20-5-8-22(28)9-6-20)18-29-33-25-30-26(34-11-3-4-12-34)32-27(31-25)35-13-15-36-16-14-35/h5-10,17-18H,2-4,11-16,19H2,1H3,(H,30,31,32,33)/b29-18+. The van der Waals surface area contributed by atoms with Crippen LogP contribution < -0.4 is 24.7 Å². The van der Waals surface area contributed by atoms with Gasteiger partial charge in [-0.1, -0.05) is 12.1 Å². The van der Waals surface area contributed by atoms with E-state index in [0.29, 0.717) is 55.8 Å². The molecule has 0 radical (unpaired) electrons. The summed E-state index contributed by atoms with van der Waals surface area (Å²) < 4.78 is 30.4. The molecule has 2 fully saturated rings. The molecule has 1 N–H and O–H groups in total. The Hall–Kier alpha value is -3.99. The third kappa shape index (κ3) is 6.65. The van der Waals surface area contributed by atoms with Crippen LogP contribution in [0.15, 0.2) is 47.6 Å². The van der Waals surface area contributed by atoms with E-state index in [4.69, 9.17) is 19.2 Å². The van der Waals surface area contributed by atoms with Gasteiger partial charge in [0, 0.05) is 26.2 Å². The van der Waals surface area contributed by atoms with Crippen LogP contribution in [0.4, 0.5) is 22.2 Å². The van der Waals surface area contributed by atoms with Crippen molar-refractivity contribution in [2.24, 2.45) is 5.10 Å². The molecular weight excluding hydrogens is 489 g/mol. The molecule has 200 valence electrons. The topological polar surface area (TPSA) is 97.2 Å². The van der Waals surface area contributed by atoms with Crippen molar-refractivity contribution in [1.29, 1.82) is 0 Å². The smallest absolute Gasteiger partial charge is 0.250 e. The zero-order valence-electron chi connectivity index (χ0n) is 21.5. The Labute approximate surface area is 221 Å². The first-order valence-corrected chi connectivity index (χ1v) is 12.9. The molecule has 2 aliphatic rings. The zero-order valence-corrected chi connectivity index (χ0v) is 21.5. The number of aromatic nitrogens is 3. The highest BCUT2D eigenvalue weighted by molar-refractivity contribution is 5.81. The summed E-state index contributed by atoms with van der Waals surface area (Å²) >= 11 is 0. The van der Waals surface area contributed by atoms with Crippen molar-refractivity contribution in [2.45, 2.75) is 26.4 Å². The third-order valence-corrected chi connectivity index (χ3v) is 6.25. The molecule has 2 saturated heterocycles. The van der Waals surface area contributed by atoms with Crippen molar-refractivity contribution in [3.8, 4) is 11.5 Å². The van der Waals surface area contributed by atoms with Crippen LogP contribution >= 0.6 is 0 Å². The number of anilines is 3. The Bertz CT molecular complexity index is 1230. The first-order valence-electron chi connectivity index (χ1n) is 12.9. The van der Waals surface area contributed by atoms with E-state index in [1.54, 1.807) is 18.3 Å². The number of morpholine rings is 1. The van der Waals surface area contributed by atoms with Gasteiger partial charge in [-0.05, 0) is 61.2 Å². The number of nitrogens with zero attached hydrogens (tertiary/aromatic N) is 6. The molecule has 2 aromatic carbocycles. The van der Waals surface area contributed by atoms with E-state index in [1.165, 1.54) is 12.1 Å². The van der Waals surface area contributed by atoms with Gasteiger partial charge in [-0.15, -0.1) is 0 Å². The second-order valence-electron chi connectivity index (χ2n) is 8.98. The molecule has 2 aliphatic heterocycles. The highest BCUT2D eigenvalue weighted by Gasteiger charge is 2.21. The van der Waals surface area contributed by atoms with Gasteiger partial charge in [0.05, 0.1) is 26.0 Å². The van der Waals surface area contributed by atoms with Gasteiger partial charge in [-0.25, -0.2) is 9.82 Å². The van der Waals surface area contributed by atoms with E-state index in [9.17, 15) is 4.39 Å². The minimum atomic E-state index is -0.275. The molecule has 10 nitrogen and oxygen atoms in total. The van der Waals surface area contributed by atoms with Crippen molar-refractivity contribution >= 4 is 24.1 Å². The Balaban J connectivity index is 1.29. The molecule has 11 heteroatoms. The summed E-state index contributed by atoms with van der Waals surface area (Å²) in [5.74, 6) is 2.61. The van der Waals surface area contributed by atoms with Crippen LogP contribution in [0.25, 0.3) is 0 Å². The summed E-state index contributed by atoms with van der Waals surface area (Å²) in [6, 6.07) is 11.8. The highest BCUT2D eigenvalue weighted by Crippen LogP contribution is 2.29. The van der Waals surface area contributed by atoms with E-state index < -0.39 is 0 Å². The highest BCUT2D eigenvalue weighted by atomic mass is 19.1. The van der Waals surface area contributed by atoms with Gasteiger partial charge in [0.25, 0.3) is 0 Å². The lowest BCUT2D eigenvalue weighted by Crippen LogP contribution is -2.38. The zero-order chi connectivity index (χ0) is 26.2. The van der Waals surface area contributed by atoms with Gasteiger partial charge in [0.1, 0.15) is 12.4 Å². The summed E-state index contributed by atoms with van der Waals surface area (Å²) in [4.78, 5) is 18.2. The predicted molar refractivity (Wildman–Crippen MR) is 144 cm³/mol. The van der Waals surface area contributed by atoms with Gasteiger partial charge in [-0.2, -0.15) is 20.1 Å². The average Bonchev–Trinajstić information content (AvgIpc) is 3.49. The SMILES string of the molecule is CCOc1cc(/C=N/Nc2nc(N3CCCC3)nc(N3CCOCC3)n2)ccc1OCc1ccc(F)cc1. The fourth-order valence-corrected chi connectivity index (χ4v) is 4.27. The average molecular weight is 522 g/mol. The lowest BCUT2D eigenvalue weighted by atomic mass is 10.2. The first kappa shape index (κ1) is 25.7. The van der Waals surface area contributed by atoms with E-state index in [-0.39, 0.29) is 5.82 Å². The van der Waals surface area contributed by atoms with Crippen molar-refractivity contribution in [3.05, 3.63) is 59.4 Å². The summed E-state index contributed by atoms with van der Waals surface area (Å²) in [6.07, 6.45) is 3.94. The fraction of sp³-hybridized carbons (Fsp3) is 0.407. The van der Waals surface area contributed by atoms with Crippen molar-refractivity contribution < 1.29 is 18.6 Å². The van der Waals surface area contributed by atoms with Crippen molar-refractivity contribution in [3.63, 3.8) is 0 Å². The molecule has 38 heavy (non-hydrogen) atoms. The molecule has 5 rings (SSSR count). The van der Waals surface area contributed by atoms with Gasteiger partial charge in [0.15, 0.2) is 11.5 Å². The maximum absolute atomic E-state index is 13.2. The number of halogens is 1. The van der Waals surface area contributed by atoms with Gasteiger partial charge in [0.2, 0.25) is 17.8 Å². The second kappa shape index (κ2) is 12.5. The Morgan fingerprint density at radius 1 is 0.921 bits per heavy atom. The van der Waals surface area contributed by atoms with E-state index in [0.717, 1.165) is 50.1 Å². The monoisotopic (exact) mass is 521 g/mol. The number of hydrazone groups is 1. The summed E-state index contributed by atoms with van der Waals surface area (Å²) in [7, 11) is 0. The number of ether oxygens (including phenoxy) is 3. The molecule has 0 amide bonds. The summed E-state index contributed by atoms with van der Waals surface area (Å²) in [6.45, 7) is 7.35. The summed E-state index contributed by atoms with van der Waals surface area (Å²) in [5.41, 5.74) is 4.66. The van der Waals surface area contributed by atoms with Crippen LogP contribution in [-0.2, 0) is 11.3 Å². The molecule has 0 atom stereocenters. The lowest BCUT2D eigenvalue weighted by Gasteiger charge is -2.27. The quantitative estimate of drug-likeness (QED) is 0.315. The fourth-order valence-electron chi connectivity index (χ4n) is 4.27. The van der Waals surface area contributed by atoms with Crippen LogP contribution in [0.1, 0.15) is 30.9 Å².